The lowest BCUT2D eigenvalue weighted by Gasteiger charge is -2.60. The van der Waals surface area contributed by atoms with E-state index in [1.807, 2.05) is 0 Å². The molecule has 0 aromatic rings. The molecule has 4 aliphatic rings. The first-order chi connectivity index (χ1) is 16.8. The third-order valence-electron chi connectivity index (χ3n) is 11.7. The lowest BCUT2D eigenvalue weighted by Crippen LogP contribution is -2.53. The van der Waals surface area contributed by atoms with E-state index in [2.05, 4.69) is 13.8 Å². The monoisotopic (exact) mass is 486 g/mol. The summed E-state index contributed by atoms with van der Waals surface area (Å²) >= 11 is 0. The third-order valence-corrected chi connectivity index (χ3v) is 11.7. The fourth-order valence-corrected chi connectivity index (χ4v) is 9.50. The van der Waals surface area contributed by atoms with E-state index in [1.165, 1.54) is 109 Å². The zero-order valence-electron chi connectivity index (χ0n) is 23.0. The highest BCUT2D eigenvalue weighted by molar-refractivity contribution is 5.87. The van der Waals surface area contributed by atoms with Crippen LogP contribution in [-0.4, -0.2) is 16.9 Å². The Hall–Kier alpha value is -0.860. The van der Waals surface area contributed by atoms with E-state index in [4.69, 9.17) is 5.11 Å². The van der Waals surface area contributed by atoms with Gasteiger partial charge in [0.1, 0.15) is 5.78 Å². The molecule has 4 fully saturated rings. The van der Waals surface area contributed by atoms with E-state index in [0.717, 1.165) is 42.9 Å². The highest BCUT2D eigenvalue weighted by Crippen LogP contribution is 2.66. The molecule has 0 aromatic carbocycles. The van der Waals surface area contributed by atoms with Crippen LogP contribution in [0.5, 0.6) is 0 Å². The summed E-state index contributed by atoms with van der Waals surface area (Å²) in [6, 6.07) is 0. The van der Waals surface area contributed by atoms with Crippen LogP contribution in [0.4, 0.5) is 0 Å². The van der Waals surface area contributed by atoms with Crippen molar-refractivity contribution in [2.75, 3.05) is 0 Å². The molecule has 0 amide bonds. The van der Waals surface area contributed by atoms with Gasteiger partial charge in [-0.3, -0.25) is 9.59 Å². The second kappa shape index (κ2) is 12.1. The number of hydrogen-bond acceptors (Lipinski definition) is 2. The zero-order valence-corrected chi connectivity index (χ0v) is 23.0. The number of fused-ring (bicyclic) bond motifs is 5. The Morgan fingerprint density at radius 2 is 1.46 bits per heavy atom. The number of hydrogen-bond donors (Lipinski definition) is 1. The highest BCUT2D eigenvalue weighted by Gasteiger charge is 2.60. The molecule has 0 saturated heterocycles. The maximum atomic E-state index is 12.7. The van der Waals surface area contributed by atoms with Crippen LogP contribution in [0.3, 0.4) is 0 Å². The third kappa shape index (κ3) is 6.18. The number of Topliss-reactive ketones (excluding diaryl/α,β-unsaturated/α-hetero) is 1. The number of aliphatic carboxylic acids is 1. The second-order valence-electron chi connectivity index (χ2n) is 13.7. The summed E-state index contributed by atoms with van der Waals surface area (Å²) in [5, 5.41) is 8.68. The molecular weight excluding hydrogens is 432 g/mol. The van der Waals surface area contributed by atoms with Gasteiger partial charge in [0.05, 0.1) is 0 Å². The van der Waals surface area contributed by atoms with Gasteiger partial charge in [0, 0.05) is 18.3 Å². The standard InChI is InChI=1S/C32H54O3/c1-31-21-19-24(13-11-9-7-5-3-4-6-8-10-12-14-30(34)35)23-25(31)15-16-26-27-17-18-29(33)32(27,2)22-20-28(26)31/h24-28H,3-23H2,1-2H3,(H,34,35)/t24-,25+,26+,27+,28+,31+,32+/m1/s1. The molecule has 0 bridgehead atoms. The first-order valence-corrected chi connectivity index (χ1v) is 15.6. The predicted molar refractivity (Wildman–Crippen MR) is 143 cm³/mol. The molecule has 0 aromatic heterocycles. The van der Waals surface area contributed by atoms with Crippen molar-refractivity contribution in [3.05, 3.63) is 0 Å². The molecule has 0 radical (unpaired) electrons. The van der Waals surface area contributed by atoms with Crippen molar-refractivity contribution in [1.82, 2.24) is 0 Å². The molecular formula is C32H54O3. The number of carboxylic acid groups (broad SMARTS) is 1. The molecule has 0 heterocycles. The van der Waals surface area contributed by atoms with Gasteiger partial charge < -0.3 is 5.11 Å². The van der Waals surface area contributed by atoms with Gasteiger partial charge in [0.15, 0.2) is 0 Å². The van der Waals surface area contributed by atoms with Crippen LogP contribution in [0.25, 0.3) is 0 Å². The molecule has 3 heteroatoms. The second-order valence-corrected chi connectivity index (χ2v) is 13.7. The molecule has 0 unspecified atom stereocenters. The molecule has 200 valence electrons. The Balaban J connectivity index is 1.09. The summed E-state index contributed by atoms with van der Waals surface area (Å²) in [4.78, 5) is 23.2. The Labute approximate surface area is 215 Å². The van der Waals surface area contributed by atoms with Gasteiger partial charge in [-0.1, -0.05) is 78.1 Å². The van der Waals surface area contributed by atoms with Crippen molar-refractivity contribution >= 4 is 11.8 Å². The van der Waals surface area contributed by atoms with Gasteiger partial charge in [-0.05, 0) is 92.8 Å². The first kappa shape index (κ1) is 27.2. The van der Waals surface area contributed by atoms with E-state index in [1.54, 1.807) is 0 Å². The average Bonchev–Trinajstić information content (AvgIpc) is 3.14. The van der Waals surface area contributed by atoms with Crippen molar-refractivity contribution in [2.45, 2.75) is 149 Å². The van der Waals surface area contributed by atoms with Gasteiger partial charge >= 0.3 is 5.97 Å². The van der Waals surface area contributed by atoms with Crippen LogP contribution >= 0.6 is 0 Å². The lowest BCUT2D eigenvalue weighted by atomic mass is 9.44. The van der Waals surface area contributed by atoms with Crippen molar-refractivity contribution < 1.29 is 14.7 Å². The Bertz CT molecular complexity index is 716. The predicted octanol–water partition coefficient (Wildman–Crippen LogP) is 8.98. The topological polar surface area (TPSA) is 54.4 Å². The first-order valence-electron chi connectivity index (χ1n) is 15.6. The largest absolute Gasteiger partial charge is 0.481 e. The lowest BCUT2D eigenvalue weighted by molar-refractivity contribution is -0.140. The zero-order chi connectivity index (χ0) is 24.9. The van der Waals surface area contributed by atoms with E-state index >= 15 is 0 Å². The summed E-state index contributed by atoms with van der Waals surface area (Å²) in [6.07, 6.45) is 26.3. The number of carbonyl (C=O) groups excluding carboxylic acids is 1. The van der Waals surface area contributed by atoms with Gasteiger partial charge in [-0.15, -0.1) is 0 Å². The Morgan fingerprint density at radius 3 is 2.14 bits per heavy atom. The van der Waals surface area contributed by atoms with Crippen LogP contribution in [0.2, 0.25) is 0 Å². The molecule has 3 nitrogen and oxygen atoms in total. The van der Waals surface area contributed by atoms with Crippen LogP contribution in [0.15, 0.2) is 0 Å². The van der Waals surface area contributed by atoms with Crippen LogP contribution in [-0.2, 0) is 9.59 Å². The molecule has 35 heavy (non-hydrogen) atoms. The molecule has 0 aliphatic heterocycles. The molecule has 4 saturated carbocycles. The minimum Gasteiger partial charge on any atom is -0.481 e. The smallest absolute Gasteiger partial charge is 0.303 e. The molecule has 4 aliphatic carbocycles. The molecule has 1 N–H and O–H groups in total. The minimum absolute atomic E-state index is 0.0313. The summed E-state index contributed by atoms with van der Waals surface area (Å²) in [5.74, 6) is 4.27. The van der Waals surface area contributed by atoms with Crippen molar-refractivity contribution in [3.63, 3.8) is 0 Å². The normalized spacial score (nSPS) is 38.6. The van der Waals surface area contributed by atoms with Crippen LogP contribution < -0.4 is 0 Å². The summed E-state index contributed by atoms with van der Waals surface area (Å²) < 4.78 is 0. The van der Waals surface area contributed by atoms with E-state index < -0.39 is 5.97 Å². The van der Waals surface area contributed by atoms with Gasteiger partial charge in [0.25, 0.3) is 0 Å². The Morgan fingerprint density at radius 1 is 0.800 bits per heavy atom. The maximum absolute atomic E-state index is 12.7. The Kier molecular flexibility index (Phi) is 9.41. The van der Waals surface area contributed by atoms with E-state index in [9.17, 15) is 9.59 Å². The molecule has 4 rings (SSSR count). The van der Waals surface area contributed by atoms with Crippen LogP contribution in [0.1, 0.15) is 149 Å². The quantitative estimate of drug-likeness (QED) is 0.264. The average molecular weight is 487 g/mol. The van der Waals surface area contributed by atoms with Gasteiger partial charge in [0.2, 0.25) is 0 Å². The fraction of sp³-hybridized carbons (Fsp3) is 0.938. The van der Waals surface area contributed by atoms with Gasteiger partial charge in [-0.2, -0.15) is 0 Å². The number of carboxylic acids is 1. The van der Waals surface area contributed by atoms with Crippen LogP contribution in [0, 0.1) is 40.4 Å². The van der Waals surface area contributed by atoms with E-state index in [-0.39, 0.29) is 5.41 Å². The number of unbranched alkanes of at least 4 members (excludes halogenated alkanes) is 9. The SMILES string of the molecule is C[C@]12CC[C@@H](CCCCCCCCCCCCC(=O)O)C[C@@H]1CC[C@@H]1[C@@H]2CC[C@]2(C)C(=O)CC[C@@H]12. The summed E-state index contributed by atoms with van der Waals surface area (Å²) in [7, 11) is 0. The maximum Gasteiger partial charge on any atom is 0.303 e. The van der Waals surface area contributed by atoms with E-state index in [0.29, 0.717) is 23.5 Å². The van der Waals surface area contributed by atoms with Crippen molar-refractivity contribution in [3.8, 4) is 0 Å². The van der Waals surface area contributed by atoms with Crippen molar-refractivity contribution in [1.29, 1.82) is 0 Å². The van der Waals surface area contributed by atoms with Crippen molar-refractivity contribution in [2.24, 2.45) is 40.4 Å². The minimum atomic E-state index is -0.654. The fourth-order valence-electron chi connectivity index (χ4n) is 9.50. The number of carbonyl (C=O) groups is 2. The molecule has 0 spiro atoms. The number of ketones is 1. The summed E-state index contributed by atoms with van der Waals surface area (Å²) in [5.41, 5.74) is 0.587. The highest BCUT2D eigenvalue weighted by atomic mass is 16.4. The van der Waals surface area contributed by atoms with Gasteiger partial charge in [-0.25, -0.2) is 0 Å². The molecule has 7 atom stereocenters. The summed E-state index contributed by atoms with van der Waals surface area (Å²) in [6.45, 7) is 4.98. The number of rotatable bonds is 13.